The topological polar surface area (TPSA) is 29.3 Å². The van der Waals surface area contributed by atoms with Crippen molar-refractivity contribution in [3.8, 4) is 0 Å². The van der Waals surface area contributed by atoms with Gasteiger partial charge < -0.3 is 9.32 Å². The minimum absolute atomic E-state index is 0.258. The third-order valence-electron chi connectivity index (χ3n) is 6.75. The van der Waals surface area contributed by atoms with Crippen molar-refractivity contribution in [2.45, 2.75) is 58.2 Å². The minimum atomic E-state index is 0.258. The smallest absolute Gasteiger partial charge is 0.227 e. The molecule has 5 rings (SSSR count). The summed E-state index contributed by atoms with van der Waals surface area (Å²) in [5.41, 5.74) is 8.29. The molecule has 2 aromatic heterocycles. The normalized spacial score (nSPS) is 21.6. The predicted molar refractivity (Wildman–Crippen MR) is 133 cm³/mol. The second-order valence-corrected chi connectivity index (χ2v) is 10.5. The molecule has 160 valence electrons. The standard InChI is InChI=1S/C27H30N2OS/c1-15(2)25-19(6)29(27(31-25)22-16(3)9-7-10-17(22)4)23-18(5)12-13-20-21-11-8-14-28-26(21)30-24(20)23/h7-15,19,25,27H,1-6H3/t19-,25?,27?/m0/s1. The van der Waals surface area contributed by atoms with Crippen molar-refractivity contribution in [3.05, 3.63) is 70.9 Å². The molecule has 0 N–H and O–H groups in total. The van der Waals surface area contributed by atoms with Gasteiger partial charge in [-0.25, -0.2) is 4.98 Å². The van der Waals surface area contributed by atoms with Gasteiger partial charge in [-0.1, -0.05) is 44.2 Å². The van der Waals surface area contributed by atoms with Gasteiger partial charge in [0, 0.05) is 28.3 Å². The summed E-state index contributed by atoms with van der Waals surface area (Å²) in [5.74, 6) is 0.591. The lowest BCUT2D eigenvalue weighted by Crippen LogP contribution is -2.36. The Morgan fingerprint density at radius 3 is 2.39 bits per heavy atom. The molecule has 31 heavy (non-hydrogen) atoms. The highest BCUT2D eigenvalue weighted by molar-refractivity contribution is 8.00. The number of benzene rings is 2. The van der Waals surface area contributed by atoms with Crippen LogP contribution in [-0.2, 0) is 0 Å². The molecule has 0 amide bonds. The Balaban J connectivity index is 1.78. The number of nitrogens with zero attached hydrogens (tertiary/aromatic N) is 2. The summed E-state index contributed by atoms with van der Waals surface area (Å²) in [6.07, 6.45) is 1.81. The summed E-state index contributed by atoms with van der Waals surface area (Å²) in [7, 11) is 0. The number of hydrogen-bond acceptors (Lipinski definition) is 4. The first kappa shape index (κ1) is 20.4. The predicted octanol–water partition coefficient (Wildman–Crippen LogP) is 7.57. The monoisotopic (exact) mass is 430 g/mol. The van der Waals surface area contributed by atoms with Crippen LogP contribution >= 0.6 is 11.8 Å². The molecule has 1 saturated heterocycles. The lowest BCUT2D eigenvalue weighted by Gasteiger charge is -2.33. The van der Waals surface area contributed by atoms with E-state index in [0.717, 1.165) is 16.4 Å². The van der Waals surface area contributed by atoms with Gasteiger partial charge >= 0.3 is 0 Å². The molecule has 1 aliphatic rings. The Labute approximate surface area is 188 Å². The van der Waals surface area contributed by atoms with Crippen LogP contribution in [-0.4, -0.2) is 16.3 Å². The van der Waals surface area contributed by atoms with Crippen LogP contribution in [0.3, 0.4) is 0 Å². The summed E-state index contributed by atoms with van der Waals surface area (Å²) in [5, 5.41) is 3.03. The summed E-state index contributed by atoms with van der Waals surface area (Å²) < 4.78 is 6.40. The number of aryl methyl sites for hydroxylation is 3. The zero-order chi connectivity index (χ0) is 21.9. The molecule has 0 aliphatic carbocycles. The van der Waals surface area contributed by atoms with Gasteiger partial charge in [0.05, 0.1) is 5.69 Å². The van der Waals surface area contributed by atoms with Crippen LogP contribution in [0.25, 0.3) is 22.1 Å². The fraction of sp³-hybridized carbons (Fsp3) is 0.370. The highest BCUT2D eigenvalue weighted by Gasteiger charge is 2.43. The molecule has 0 radical (unpaired) electrons. The number of pyridine rings is 1. The van der Waals surface area contributed by atoms with Crippen molar-refractivity contribution in [2.24, 2.45) is 5.92 Å². The quantitative estimate of drug-likeness (QED) is 0.335. The van der Waals surface area contributed by atoms with E-state index in [1.807, 2.05) is 6.07 Å². The van der Waals surface area contributed by atoms with Crippen LogP contribution in [0.4, 0.5) is 5.69 Å². The fourth-order valence-electron chi connectivity index (χ4n) is 5.24. The molecule has 3 atom stereocenters. The SMILES string of the molecule is Cc1cccc(C)c1C1SC(C(C)C)[C@H](C)N1c1c(C)ccc2c1oc1ncccc12. The average molecular weight is 431 g/mol. The Bertz CT molecular complexity index is 1250. The number of furan rings is 1. The van der Waals surface area contributed by atoms with Gasteiger partial charge in [0.1, 0.15) is 5.37 Å². The second-order valence-electron chi connectivity index (χ2n) is 9.22. The molecule has 3 nitrogen and oxygen atoms in total. The number of thioether (sulfide) groups is 1. The molecule has 4 aromatic rings. The highest BCUT2D eigenvalue weighted by atomic mass is 32.2. The maximum atomic E-state index is 6.40. The average Bonchev–Trinajstić information content (AvgIpc) is 3.26. The molecule has 0 spiro atoms. The van der Waals surface area contributed by atoms with Crippen LogP contribution in [0.5, 0.6) is 0 Å². The Hall–Kier alpha value is -2.46. The lowest BCUT2D eigenvalue weighted by atomic mass is 9.97. The van der Waals surface area contributed by atoms with Crippen molar-refractivity contribution >= 4 is 39.5 Å². The maximum absolute atomic E-state index is 6.40. The lowest BCUT2D eigenvalue weighted by molar-refractivity contribution is 0.525. The number of fused-ring (bicyclic) bond motifs is 3. The van der Waals surface area contributed by atoms with Crippen molar-refractivity contribution in [2.75, 3.05) is 4.90 Å². The van der Waals surface area contributed by atoms with E-state index >= 15 is 0 Å². The molecule has 2 unspecified atom stereocenters. The first-order valence-corrected chi connectivity index (χ1v) is 12.1. The van der Waals surface area contributed by atoms with Crippen LogP contribution in [0.15, 0.2) is 53.1 Å². The molecule has 3 heterocycles. The summed E-state index contributed by atoms with van der Waals surface area (Å²) in [6.45, 7) is 13.8. The van der Waals surface area contributed by atoms with Crippen molar-refractivity contribution in [1.29, 1.82) is 0 Å². The maximum Gasteiger partial charge on any atom is 0.227 e. The molecule has 4 heteroatoms. The summed E-state index contributed by atoms with van der Waals surface area (Å²) in [4.78, 5) is 7.12. The van der Waals surface area contributed by atoms with E-state index in [1.165, 1.54) is 27.9 Å². The Morgan fingerprint density at radius 2 is 1.68 bits per heavy atom. The number of hydrogen-bond donors (Lipinski definition) is 0. The van der Waals surface area contributed by atoms with E-state index in [4.69, 9.17) is 4.42 Å². The molecular weight excluding hydrogens is 400 g/mol. The van der Waals surface area contributed by atoms with Gasteiger partial charge in [0.2, 0.25) is 5.71 Å². The van der Waals surface area contributed by atoms with Gasteiger partial charge in [-0.3, -0.25) is 0 Å². The first-order valence-electron chi connectivity index (χ1n) is 11.1. The third kappa shape index (κ3) is 3.15. The van der Waals surface area contributed by atoms with E-state index < -0.39 is 0 Å². The number of anilines is 1. The summed E-state index contributed by atoms with van der Waals surface area (Å²) >= 11 is 2.10. The van der Waals surface area contributed by atoms with E-state index in [0.29, 0.717) is 22.9 Å². The third-order valence-corrected chi connectivity index (χ3v) is 8.72. The fourth-order valence-corrected chi connectivity index (χ4v) is 7.15. The number of rotatable bonds is 3. The second kappa shape index (κ2) is 7.59. The van der Waals surface area contributed by atoms with Crippen LogP contribution in [0.2, 0.25) is 0 Å². The Kier molecular flexibility index (Phi) is 5.01. The number of aromatic nitrogens is 1. The van der Waals surface area contributed by atoms with Gasteiger partial charge in [0.25, 0.3) is 0 Å². The van der Waals surface area contributed by atoms with E-state index in [-0.39, 0.29) is 5.37 Å². The zero-order valence-corrected chi connectivity index (χ0v) is 20.0. The minimum Gasteiger partial charge on any atom is -0.436 e. The van der Waals surface area contributed by atoms with Gasteiger partial charge in [-0.15, -0.1) is 11.8 Å². The van der Waals surface area contributed by atoms with E-state index in [9.17, 15) is 0 Å². The Morgan fingerprint density at radius 1 is 0.935 bits per heavy atom. The molecule has 1 aliphatic heterocycles. The van der Waals surface area contributed by atoms with Crippen molar-refractivity contribution in [3.63, 3.8) is 0 Å². The highest BCUT2D eigenvalue weighted by Crippen LogP contribution is 2.54. The largest absolute Gasteiger partial charge is 0.436 e. The molecule has 0 saturated carbocycles. The van der Waals surface area contributed by atoms with Crippen LogP contribution in [0.1, 0.15) is 48.4 Å². The molecular formula is C27H30N2OS. The first-order chi connectivity index (χ1) is 14.9. The van der Waals surface area contributed by atoms with Crippen molar-refractivity contribution in [1.82, 2.24) is 4.98 Å². The molecule has 1 fully saturated rings. The van der Waals surface area contributed by atoms with Gasteiger partial charge in [0.15, 0.2) is 5.58 Å². The van der Waals surface area contributed by atoms with E-state index in [1.54, 1.807) is 6.20 Å². The molecule has 0 bridgehead atoms. The van der Waals surface area contributed by atoms with Crippen LogP contribution in [0, 0.1) is 26.7 Å². The van der Waals surface area contributed by atoms with Crippen molar-refractivity contribution < 1.29 is 4.42 Å². The molecule has 2 aromatic carbocycles. The van der Waals surface area contributed by atoms with Gasteiger partial charge in [-0.05, 0) is 68.0 Å². The summed E-state index contributed by atoms with van der Waals surface area (Å²) in [6, 6.07) is 15.6. The zero-order valence-electron chi connectivity index (χ0n) is 19.1. The van der Waals surface area contributed by atoms with Crippen LogP contribution < -0.4 is 4.90 Å². The van der Waals surface area contributed by atoms with Gasteiger partial charge in [-0.2, -0.15) is 0 Å². The van der Waals surface area contributed by atoms with E-state index in [2.05, 4.69) is 99.6 Å².